The van der Waals surface area contributed by atoms with Crippen LogP contribution in [0.25, 0.3) is 0 Å². The van der Waals surface area contributed by atoms with E-state index >= 15 is 0 Å². The third-order valence-electron chi connectivity index (χ3n) is 4.07. The topological polar surface area (TPSA) is 52.7 Å². The number of likely N-dealkylation sites (N-methyl/N-ethyl adjacent to an activating group) is 1. The van der Waals surface area contributed by atoms with E-state index in [0.717, 1.165) is 21.2 Å². The van der Waals surface area contributed by atoms with E-state index in [1.165, 1.54) is 0 Å². The summed E-state index contributed by atoms with van der Waals surface area (Å²) in [4.78, 5) is 30.8. The molecule has 0 spiro atoms. The summed E-state index contributed by atoms with van der Waals surface area (Å²) in [5, 5.41) is 3.49. The molecule has 3 rings (SSSR count). The Morgan fingerprint density at radius 1 is 1.07 bits per heavy atom. The fourth-order valence-corrected chi connectivity index (χ4v) is 4.26. The Balaban J connectivity index is 1.82. The van der Waals surface area contributed by atoms with E-state index in [-0.39, 0.29) is 30.4 Å². The molecule has 148 valence electrons. The van der Waals surface area contributed by atoms with Crippen LogP contribution in [0.5, 0.6) is 0 Å². The van der Waals surface area contributed by atoms with Crippen molar-refractivity contribution in [2.75, 3.05) is 25.0 Å². The van der Waals surface area contributed by atoms with Crippen LogP contribution in [0, 0.1) is 0 Å². The van der Waals surface area contributed by atoms with Crippen molar-refractivity contribution in [2.45, 2.75) is 36.1 Å². The van der Waals surface area contributed by atoms with Gasteiger partial charge in [0, 0.05) is 20.4 Å². The van der Waals surface area contributed by atoms with Crippen LogP contribution in [0.3, 0.4) is 0 Å². The van der Waals surface area contributed by atoms with Gasteiger partial charge in [0.15, 0.2) is 0 Å². The maximum absolute atomic E-state index is 13.2. The number of para-hydroxylation sites is 1. The molecule has 5 nitrogen and oxygen atoms in total. The number of hydrogen-bond donors (Lipinski definition) is 1. The number of halogens is 1. The van der Waals surface area contributed by atoms with Gasteiger partial charge < -0.3 is 5.32 Å². The highest BCUT2D eigenvalue weighted by molar-refractivity contribution is 7.99. The van der Waals surface area contributed by atoms with Crippen LogP contribution in [0.2, 0.25) is 5.02 Å². The molecular weight excluding hydrogens is 394 g/mol. The van der Waals surface area contributed by atoms with Gasteiger partial charge in [0.1, 0.15) is 0 Å². The lowest BCUT2D eigenvalue weighted by Gasteiger charge is -2.32. The van der Waals surface area contributed by atoms with Crippen molar-refractivity contribution in [1.82, 2.24) is 10.2 Å². The minimum absolute atomic E-state index is 0.109. The van der Waals surface area contributed by atoms with Crippen LogP contribution in [-0.2, 0) is 9.59 Å². The van der Waals surface area contributed by atoms with Crippen LogP contribution in [0.4, 0.5) is 11.4 Å². The largest absolute Gasteiger partial charge is 0.350 e. The Labute approximate surface area is 175 Å². The van der Waals surface area contributed by atoms with Crippen LogP contribution in [0.1, 0.15) is 20.8 Å². The number of amides is 2. The summed E-state index contributed by atoms with van der Waals surface area (Å²) in [5.74, 6) is -0.219. The maximum atomic E-state index is 13.2. The first-order chi connectivity index (χ1) is 13.1. The number of carbonyl (C=O) groups is 2. The minimum atomic E-state index is -0.305. The molecule has 1 heterocycles. The second-order valence-electron chi connectivity index (χ2n) is 7.88. The van der Waals surface area contributed by atoms with Crippen molar-refractivity contribution in [3.63, 3.8) is 0 Å². The molecule has 0 fully saturated rings. The summed E-state index contributed by atoms with van der Waals surface area (Å²) in [6.07, 6.45) is 0. The van der Waals surface area contributed by atoms with Gasteiger partial charge in [-0.15, -0.1) is 0 Å². The molecule has 0 aliphatic carbocycles. The van der Waals surface area contributed by atoms with Crippen LogP contribution in [0.15, 0.2) is 52.3 Å². The molecule has 2 amide bonds. The summed E-state index contributed by atoms with van der Waals surface area (Å²) >= 11 is 7.82. The molecule has 2 aromatic carbocycles. The molecule has 0 bridgehead atoms. The molecule has 0 aromatic heterocycles. The predicted molar refractivity (Wildman–Crippen MR) is 115 cm³/mol. The van der Waals surface area contributed by atoms with Crippen molar-refractivity contribution >= 4 is 46.6 Å². The van der Waals surface area contributed by atoms with Gasteiger partial charge in [-0.1, -0.05) is 35.5 Å². The van der Waals surface area contributed by atoms with Crippen molar-refractivity contribution in [3.8, 4) is 0 Å². The first-order valence-electron chi connectivity index (χ1n) is 9.03. The highest BCUT2D eigenvalue weighted by Gasteiger charge is 2.29. The van der Waals surface area contributed by atoms with E-state index in [2.05, 4.69) is 5.32 Å². The van der Waals surface area contributed by atoms with Gasteiger partial charge >= 0.3 is 0 Å². The fraction of sp³-hybridized carbons (Fsp3) is 0.333. The lowest BCUT2D eigenvalue weighted by atomic mass is 10.1. The zero-order chi connectivity index (χ0) is 20.5. The van der Waals surface area contributed by atoms with E-state index in [9.17, 15) is 9.59 Å². The van der Waals surface area contributed by atoms with Gasteiger partial charge in [0.25, 0.3) is 0 Å². The van der Waals surface area contributed by atoms with Gasteiger partial charge in [-0.2, -0.15) is 0 Å². The summed E-state index contributed by atoms with van der Waals surface area (Å²) in [7, 11) is 1.77. The van der Waals surface area contributed by atoms with Crippen LogP contribution in [-0.4, -0.2) is 42.4 Å². The van der Waals surface area contributed by atoms with E-state index in [1.807, 2.05) is 63.2 Å². The molecule has 1 aliphatic rings. The van der Waals surface area contributed by atoms with Gasteiger partial charge in [0.05, 0.1) is 24.5 Å². The number of carbonyl (C=O) groups excluding carboxylic acids is 2. The standard InChI is InChI=1S/C21H24ClN3O2S/c1-21(2,3)23-19(26)12-24(4)13-20(27)25-15-7-5-6-8-17(15)28-18-10-9-14(22)11-16(18)25/h5-11H,12-13H2,1-4H3,(H,23,26). The zero-order valence-electron chi connectivity index (χ0n) is 16.5. The van der Waals surface area contributed by atoms with E-state index in [4.69, 9.17) is 11.6 Å². The molecule has 0 unspecified atom stereocenters. The fourth-order valence-electron chi connectivity index (χ4n) is 3.06. The highest BCUT2D eigenvalue weighted by Crippen LogP contribution is 2.48. The third-order valence-corrected chi connectivity index (χ3v) is 5.44. The average molecular weight is 418 g/mol. The predicted octanol–water partition coefficient (Wildman–Crippen LogP) is 4.32. The number of nitrogens with one attached hydrogen (secondary N) is 1. The SMILES string of the molecule is CN(CC(=O)NC(C)(C)C)CC(=O)N1c2ccccc2Sc2ccc(Cl)cc21. The summed E-state index contributed by atoms with van der Waals surface area (Å²) in [6, 6.07) is 13.4. The number of rotatable bonds is 4. The Morgan fingerprint density at radius 2 is 1.75 bits per heavy atom. The van der Waals surface area contributed by atoms with Crippen LogP contribution >= 0.6 is 23.4 Å². The van der Waals surface area contributed by atoms with E-state index in [1.54, 1.807) is 28.6 Å². The molecule has 1 N–H and O–H groups in total. The van der Waals surface area contributed by atoms with Crippen molar-refractivity contribution in [2.24, 2.45) is 0 Å². The molecule has 0 saturated carbocycles. The highest BCUT2D eigenvalue weighted by atomic mass is 35.5. The molecule has 28 heavy (non-hydrogen) atoms. The minimum Gasteiger partial charge on any atom is -0.350 e. The average Bonchev–Trinajstić information content (AvgIpc) is 2.57. The zero-order valence-corrected chi connectivity index (χ0v) is 18.0. The van der Waals surface area contributed by atoms with Gasteiger partial charge in [0.2, 0.25) is 11.8 Å². The summed E-state index contributed by atoms with van der Waals surface area (Å²) < 4.78 is 0. The quantitative estimate of drug-likeness (QED) is 0.805. The van der Waals surface area contributed by atoms with Gasteiger partial charge in [-0.25, -0.2) is 0 Å². The van der Waals surface area contributed by atoms with E-state index in [0.29, 0.717) is 5.02 Å². The molecule has 1 aliphatic heterocycles. The number of nitrogens with zero attached hydrogens (tertiary/aromatic N) is 2. The van der Waals surface area contributed by atoms with Gasteiger partial charge in [-0.05, 0) is 58.2 Å². The number of anilines is 2. The molecular formula is C21H24ClN3O2S. The van der Waals surface area contributed by atoms with E-state index < -0.39 is 0 Å². The first kappa shape index (κ1) is 20.7. The monoisotopic (exact) mass is 417 g/mol. The Bertz CT molecular complexity index is 911. The molecule has 0 saturated heterocycles. The lowest BCUT2D eigenvalue weighted by Crippen LogP contribution is -2.47. The summed E-state index contributed by atoms with van der Waals surface area (Å²) in [5.41, 5.74) is 1.30. The Hall–Kier alpha value is -2.02. The van der Waals surface area contributed by atoms with Crippen molar-refractivity contribution in [3.05, 3.63) is 47.5 Å². The van der Waals surface area contributed by atoms with Crippen molar-refractivity contribution in [1.29, 1.82) is 0 Å². The second-order valence-corrected chi connectivity index (χ2v) is 9.40. The smallest absolute Gasteiger partial charge is 0.245 e. The number of hydrogen-bond acceptors (Lipinski definition) is 4. The second kappa shape index (κ2) is 8.15. The molecule has 7 heteroatoms. The maximum Gasteiger partial charge on any atom is 0.245 e. The van der Waals surface area contributed by atoms with Crippen molar-refractivity contribution < 1.29 is 9.59 Å². The Morgan fingerprint density at radius 3 is 2.46 bits per heavy atom. The molecule has 2 aromatic rings. The number of fused-ring (bicyclic) bond motifs is 2. The molecule has 0 atom stereocenters. The molecule has 0 radical (unpaired) electrons. The number of benzene rings is 2. The third kappa shape index (κ3) is 4.87. The normalized spacial score (nSPS) is 13.1. The lowest BCUT2D eigenvalue weighted by molar-refractivity contribution is -0.124. The van der Waals surface area contributed by atoms with Crippen LogP contribution < -0.4 is 10.2 Å². The Kier molecular flexibility index (Phi) is 6.03. The summed E-state index contributed by atoms with van der Waals surface area (Å²) in [6.45, 7) is 6.05. The van der Waals surface area contributed by atoms with Gasteiger partial charge in [-0.3, -0.25) is 19.4 Å². The first-order valence-corrected chi connectivity index (χ1v) is 10.2.